The van der Waals surface area contributed by atoms with E-state index >= 15 is 0 Å². The van der Waals surface area contributed by atoms with Crippen molar-refractivity contribution in [1.82, 2.24) is 20.6 Å². The molecule has 1 aromatic carbocycles. The molecule has 2 N–H and O–H groups in total. The minimum absolute atomic E-state index is 0.199. The van der Waals surface area contributed by atoms with Crippen molar-refractivity contribution in [3.05, 3.63) is 70.7 Å². The summed E-state index contributed by atoms with van der Waals surface area (Å²) in [4.78, 5) is 22.1. The molecule has 3 aromatic rings. The van der Waals surface area contributed by atoms with Gasteiger partial charge in [0, 0.05) is 30.9 Å². The highest BCUT2D eigenvalue weighted by atomic mass is 16.5. The Labute approximate surface area is 175 Å². The Morgan fingerprint density at radius 1 is 1.33 bits per heavy atom. The number of aromatic nitrogens is 2. The molecule has 1 aliphatic rings. The van der Waals surface area contributed by atoms with Gasteiger partial charge in [-0.05, 0) is 42.7 Å². The first-order chi connectivity index (χ1) is 14.6. The summed E-state index contributed by atoms with van der Waals surface area (Å²) in [7, 11) is 0. The van der Waals surface area contributed by atoms with E-state index in [0.717, 1.165) is 34.3 Å². The number of nitriles is 1. The van der Waals surface area contributed by atoms with Gasteiger partial charge in [0.1, 0.15) is 12.2 Å². The van der Waals surface area contributed by atoms with Crippen molar-refractivity contribution in [2.75, 3.05) is 19.7 Å². The molecule has 1 fully saturated rings. The van der Waals surface area contributed by atoms with Gasteiger partial charge in [0.15, 0.2) is 0 Å². The van der Waals surface area contributed by atoms with E-state index in [4.69, 9.17) is 4.74 Å². The molecule has 1 saturated heterocycles. The molecule has 0 saturated carbocycles. The summed E-state index contributed by atoms with van der Waals surface area (Å²) >= 11 is 0. The first-order valence-corrected chi connectivity index (χ1v) is 9.92. The Kier molecular flexibility index (Phi) is 5.70. The van der Waals surface area contributed by atoms with Gasteiger partial charge < -0.3 is 15.4 Å². The molecule has 7 heteroatoms. The minimum atomic E-state index is -0.560. The molecule has 1 aliphatic heterocycles. The lowest BCUT2D eigenvalue weighted by Gasteiger charge is -2.27. The lowest BCUT2D eigenvalue weighted by atomic mass is 9.94. The molecule has 7 nitrogen and oxygen atoms in total. The van der Waals surface area contributed by atoms with Crippen LogP contribution in [-0.4, -0.2) is 41.7 Å². The van der Waals surface area contributed by atoms with Gasteiger partial charge in [-0.3, -0.25) is 14.8 Å². The molecule has 0 bridgehead atoms. The molecular weight excluding hydrogens is 378 g/mol. The summed E-state index contributed by atoms with van der Waals surface area (Å²) in [6.45, 7) is 5.66. The molecule has 2 aromatic heterocycles. The molecular formula is C23H23N5O2. The van der Waals surface area contributed by atoms with Crippen LogP contribution in [0.15, 0.2) is 42.7 Å². The highest BCUT2D eigenvalue weighted by Crippen LogP contribution is 2.31. The number of benzene rings is 1. The number of morpholine rings is 1. The van der Waals surface area contributed by atoms with E-state index in [0.29, 0.717) is 24.2 Å². The van der Waals surface area contributed by atoms with Gasteiger partial charge in [-0.2, -0.15) is 5.26 Å². The van der Waals surface area contributed by atoms with E-state index in [-0.39, 0.29) is 5.91 Å². The number of ether oxygens (including phenoxy) is 1. The van der Waals surface area contributed by atoms with Crippen LogP contribution < -0.4 is 10.6 Å². The third-order valence-electron chi connectivity index (χ3n) is 5.27. The lowest BCUT2D eigenvalue weighted by molar-refractivity contribution is -0.134. The summed E-state index contributed by atoms with van der Waals surface area (Å²) < 4.78 is 5.64. The average Bonchev–Trinajstić information content (AvgIpc) is 2.78. The van der Waals surface area contributed by atoms with Crippen LogP contribution in [0.4, 0.5) is 0 Å². The van der Waals surface area contributed by atoms with Crippen molar-refractivity contribution in [3.8, 4) is 6.07 Å². The van der Waals surface area contributed by atoms with Gasteiger partial charge in [0.05, 0.1) is 29.4 Å². The Morgan fingerprint density at radius 2 is 2.20 bits per heavy atom. The number of aryl methyl sites for hydroxylation is 2. The zero-order valence-corrected chi connectivity index (χ0v) is 17.0. The predicted octanol–water partition coefficient (Wildman–Crippen LogP) is 2.31. The van der Waals surface area contributed by atoms with Crippen molar-refractivity contribution in [1.29, 1.82) is 5.26 Å². The van der Waals surface area contributed by atoms with Crippen LogP contribution in [-0.2, 0) is 9.53 Å². The fraction of sp³-hybridized carbons (Fsp3) is 0.304. The van der Waals surface area contributed by atoms with Gasteiger partial charge in [0.25, 0.3) is 5.91 Å². The van der Waals surface area contributed by atoms with Gasteiger partial charge in [-0.25, -0.2) is 0 Å². The second kappa shape index (κ2) is 8.57. The van der Waals surface area contributed by atoms with Gasteiger partial charge in [-0.15, -0.1) is 0 Å². The fourth-order valence-corrected chi connectivity index (χ4v) is 3.83. The Morgan fingerprint density at radius 3 is 2.93 bits per heavy atom. The summed E-state index contributed by atoms with van der Waals surface area (Å²) in [5, 5.41) is 16.6. The molecule has 4 rings (SSSR count). The fourth-order valence-electron chi connectivity index (χ4n) is 3.83. The number of carbonyl (C=O) groups is 1. The zero-order valence-electron chi connectivity index (χ0n) is 17.0. The van der Waals surface area contributed by atoms with Crippen LogP contribution in [0, 0.1) is 25.2 Å². The maximum absolute atomic E-state index is 13.0. The van der Waals surface area contributed by atoms with E-state index in [1.807, 2.05) is 38.1 Å². The topological polar surface area (TPSA) is 99.9 Å². The monoisotopic (exact) mass is 401 g/mol. The molecule has 3 heterocycles. The van der Waals surface area contributed by atoms with Crippen LogP contribution in [0.25, 0.3) is 10.9 Å². The normalized spacial score (nSPS) is 17.3. The smallest absolute Gasteiger partial charge is 0.251 e. The minimum Gasteiger partial charge on any atom is -0.366 e. The van der Waals surface area contributed by atoms with Crippen molar-refractivity contribution >= 4 is 16.8 Å². The predicted molar refractivity (Wildman–Crippen MR) is 113 cm³/mol. The Balaban J connectivity index is 1.82. The van der Waals surface area contributed by atoms with Gasteiger partial charge in [-0.1, -0.05) is 18.2 Å². The molecule has 30 heavy (non-hydrogen) atoms. The highest BCUT2D eigenvalue weighted by molar-refractivity contribution is 5.89. The largest absolute Gasteiger partial charge is 0.366 e. The molecule has 2 atom stereocenters. The average molecular weight is 401 g/mol. The van der Waals surface area contributed by atoms with Crippen LogP contribution >= 0.6 is 0 Å². The first kappa shape index (κ1) is 20.0. The molecule has 0 spiro atoms. The number of hydrogen-bond donors (Lipinski definition) is 2. The van der Waals surface area contributed by atoms with E-state index in [2.05, 4.69) is 26.7 Å². The molecule has 152 valence electrons. The summed E-state index contributed by atoms with van der Waals surface area (Å²) in [5.41, 5.74) is 4.73. The van der Waals surface area contributed by atoms with Crippen molar-refractivity contribution < 1.29 is 9.53 Å². The van der Waals surface area contributed by atoms with E-state index < -0.39 is 12.1 Å². The first-order valence-electron chi connectivity index (χ1n) is 9.92. The third-order valence-corrected chi connectivity index (χ3v) is 5.27. The van der Waals surface area contributed by atoms with Crippen LogP contribution in [0.1, 0.15) is 34.0 Å². The number of pyridine rings is 2. The van der Waals surface area contributed by atoms with Crippen molar-refractivity contribution in [2.45, 2.75) is 26.0 Å². The second-order valence-electron chi connectivity index (χ2n) is 7.43. The molecule has 0 radical (unpaired) electrons. The number of hydrogen-bond acceptors (Lipinski definition) is 6. The molecule has 0 aliphatic carbocycles. The quantitative estimate of drug-likeness (QED) is 0.696. The number of nitrogens with one attached hydrogen (secondary N) is 2. The maximum atomic E-state index is 13.0. The van der Waals surface area contributed by atoms with Crippen LogP contribution in [0.5, 0.6) is 0 Å². The number of carbonyl (C=O) groups excluding carboxylic acids is 1. The van der Waals surface area contributed by atoms with Crippen molar-refractivity contribution in [2.24, 2.45) is 0 Å². The summed E-state index contributed by atoms with van der Waals surface area (Å²) in [6, 6.07) is 11.1. The Hall–Kier alpha value is -3.34. The van der Waals surface area contributed by atoms with Crippen molar-refractivity contribution in [3.63, 3.8) is 0 Å². The standard InChI is InChI=1S/C23H23N5O2/c1-14-10-15(2)20(27-12-14)22(28-23(29)19-13-25-8-9-30-19)18-6-5-16(11-24)21-17(18)4-3-7-26-21/h3-7,10,12,19,22,25H,8-9,13H2,1-2H3,(H,28,29)/t19-,22-/m1/s1. The molecule has 0 unspecified atom stereocenters. The van der Waals surface area contributed by atoms with E-state index in [9.17, 15) is 10.1 Å². The van der Waals surface area contributed by atoms with E-state index in [1.165, 1.54) is 0 Å². The number of amides is 1. The summed E-state index contributed by atoms with van der Waals surface area (Å²) in [5.74, 6) is -0.199. The van der Waals surface area contributed by atoms with E-state index in [1.54, 1.807) is 18.5 Å². The number of fused-ring (bicyclic) bond motifs is 1. The second-order valence-corrected chi connectivity index (χ2v) is 7.43. The Bertz CT molecular complexity index is 1130. The zero-order chi connectivity index (χ0) is 21.1. The number of rotatable bonds is 4. The molecule has 1 amide bonds. The number of nitrogens with zero attached hydrogens (tertiary/aromatic N) is 3. The SMILES string of the molecule is Cc1cnc([C@H](NC(=O)[C@H]2CNCCO2)c2ccc(C#N)c3ncccc23)c(C)c1. The van der Waals surface area contributed by atoms with Crippen LogP contribution in [0.2, 0.25) is 0 Å². The van der Waals surface area contributed by atoms with Gasteiger partial charge >= 0.3 is 0 Å². The highest BCUT2D eigenvalue weighted by Gasteiger charge is 2.28. The maximum Gasteiger partial charge on any atom is 0.251 e. The lowest BCUT2D eigenvalue weighted by Crippen LogP contribution is -2.48. The van der Waals surface area contributed by atoms with Gasteiger partial charge in [0.2, 0.25) is 0 Å². The van der Waals surface area contributed by atoms with Crippen LogP contribution in [0.3, 0.4) is 0 Å². The third kappa shape index (κ3) is 3.88. The summed E-state index contributed by atoms with van der Waals surface area (Å²) in [6.07, 6.45) is 2.90.